The number of rotatable bonds is 7. The second-order valence-corrected chi connectivity index (χ2v) is 6.81. The second kappa shape index (κ2) is 7.41. The molecule has 0 aromatic heterocycles. The van der Waals surface area contributed by atoms with Crippen molar-refractivity contribution in [3.8, 4) is 0 Å². The Morgan fingerprint density at radius 3 is 2.44 bits per heavy atom. The minimum atomic E-state index is -3.10. The zero-order valence-corrected chi connectivity index (χ0v) is 13.1. The lowest BCUT2D eigenvalue weighted by molar-refractivity contribution is 0.218. The minimum Gasteiger partial charge on any atom is -0.323 e. The van der Waals surface area contributed by atoms with Crippen molar-refractivity contribution in [3.63, 3.8) is 0 Å². The molecule has 0 aliphatic carbocycles. The quantitative estimate of drug-likeness (QED) is 0.771. The van der Waals surface area contributed by atoms with Crippen LogP contribution in [0.2, 0.25) is 0 Å². The molecule has 0 amide bonds. The van der Waals surface area contributed by atoms with Crippen molar-refractivity contribution >= 4 is 23.5 Å². The van der Waals surface area contributed by atoms with Crippen LogP contribution in [0.15, 0.2) is 28.7 Å². The summed E-state index contributed by atoms with van der Waals surface area (Å²) in [5.74, 6) is 0. The molecule has 0 aliphatic rings. The van der Waals surface area contributed by atoms with Crippen LogP contribution >= 0.6 is 23.5 Å². The fourth-order valence-corrected chi connectivity index (χ4v) is 3.80. The van der Waals surface area contributed by atoms with E-state index in [2.05, 4.69) is 15.9 Å². The summed E-state index contributed by atoms with van der Waals surface area (Å²) in [4.78, 5) is 0. The molecule has 0 fully saturated rings. The van der Waals surface area contributed by atoms with Crippen LogP contribution in [0.25, 0.3) is 0 Å². The van der Waals surface area contributed by atoms with Crippen LogP contribution in [0.5, 0.6) is 0 Å². The molecule has 1 aromatic rings. The smallest absolute Gasteiger partial charge is 0.323 e. The molecule has 0 saturated heterocycles. The maximum Gasteiger partial charge on any atom is 0.332 e. The van der Waals surface area contributed by atoms with E-state index in [4.69, 9.17) is 14.8 Å². The molecule has 2 N–H and O–H groups in total. The molecule has 0 spiro atoms. The van der Waals surface area contributed by atoms with Crippen molar-refractivity contribution in [1.29, 1.82) is 0 Å². The molecule has 4 nitrogen and oxygen atoms in total. The number of hydrogen-bond acceptors (Lipinski definition) is 4. The van der Waals surface area contributed by atoms with Gasteiger partial charge in [-0.2, -0.15) is 0 Å². The first kappa shape index (κ1) is 15.9. The molecule has 1 aromatic carbocycles. The lowest BCUT2D eigenvalue weighted by atomic mass is 10.1. The summed E-state index contributed by atoms with van der Waals surface area (Å²) < 4.78 is 23.8. The lowest BCUT2D eigenvalue weighted by Gasteiger charge is -2.21. The van der Waals surface area contributed by atoms with Crippen LogP contribution in [0.3, 0.4) is 0 Å². The van der Waals surface area contributed by atoms with Gasteiger partial charge in [-0.25, -0.2) is 0 Å². The summed E-state index contributed by atoms with van der Waals surface area (Å²) in [6.45, 7) is 4.28. The number of nitrogens with two attached hydrogens (primary N) is 1. The van der Waals surface area contributed by atoms with Crippen LogP contribution in [0.4, 0.5) is 0 Å². The van der Waals surface area contributed by atoms with E-state index in [1.54, 1.807) is 13.8 Å². The molecule has 102 valence electrons. The number of hydrogen-bond donors (Lipinski definition) is 1. The van der Waals surface area contributed by atoms with Gasteiger partial charge in [0, 0.05) is 10.5 Å². The largest absolute Gasteiger partial charge is 0.332 e. The summed E-state index contributed by atoms with van der Waals surface area (Å²) >= 11 is 3.38. The topological polar surface area (TPSA) is 61.5 Å². The van der Waals surface area contributed by atoms with Gasteiger partial charge in [-0.3, -0.25) is 4.57 Å². The van der Waals surface area contributed by atoms with E-state index in [9.17, 15) is 4.57 Å². The third-order valence-electron chi connectivity index (χ3n) is 2.35. The standard InChI is InChI=1S/C12H19BrNO3P/c1-3-16-18(15,17-4-2)9-12(14)10-6-5-7-11(13)8-10/h5-8,12H,3-4,9,14H2,1-2H3/t12-/m0/s1. The van der Waals surface area contributed by atoms with E-state index in [0.717, 1.165) is 10.0 Å². The third kappa shape index (κ3) is 4.82. The molecule has 0 heterocycles. The Morgan fingerprint density at radius 1 is 1.33 bits per heavy atom. The van der Waals surface area contributed by atoms with E-state index >= 15 is 0 Å². The Balaban J connectivity index is 2.78. The summed E-state index contributed by atoms with van der Waals surface area (Å²) in [6, 6.07) is 7.25. The first-order valence-electron chi connectivity index (χ1n) is 5.90. The van der Waals surface area contributed by atoms with Gasteiger partial charge < -0.3 is 14.8 Å². The van der Waals surface area contributed by atoms with Gasteiger partial charge in [-0.15, -0.1) is 0 Å². The number of halogens is 1. The van der Waals surface area contributed by atoms with Gasteiger partial charge in [-0.1, -0.05) is 28.1 Å². The Bertz CT molecular complexity index is 418. The summed E-state index contributed by atoms with van der Waals surface area (Å²) in [7, 11) is -3.10. The highest BCUT2D eigenvalue weighted by Crippen LogP contribution is 2.50. The molecule has 0 radical (unpaired) electrons. The molecule has 1 rings (SSSR count). The average Bonchev–Trinajstić information content (AvgIpc) is 2.29. The molecule has 18 heavy (non-hydrogen) atoms. The highest BCUT2D eigenvalue weighted by atomic mass is 79.9. The van der Waals surface area contributed by atoms with E-state index in [-0.39, 0.29) is 12.2 Å². The van der Waals surface area contributed by atoms with Gasteiger partial charge in [0.25, 0.3) is 0 Å². The van der Waals surface area contributed by atoms with Gasteiger partial charge in [-0.05, 0) is 31.5 Å². The van der Waals surface area contributed by atoms with Crippen LogP contribution in [0.1, 0.15) is 25.5 Å². The molecule has 0 bridgehead atoms. The van der Waals surface area contributed by atoms with E-state index in [0.29, 0.717) is 13.2 Å². The monoisotopic (exact) mass is 335 g/mol. The van der Waals surface area contributed by atoms with Crippen LogP contribution in [-0.4, -0.2) is 19.4 Å². The van der Waals surface area contributed by atoms with Crippen molar-refractivity contribution in [2.24, 2.45) is 5.73 Å². The first-order valence-corrected chi connectivity index (χ1v) is 8.42. The summed E-state index contributed by atoms with van der Waals surface area (Å²) in [6.07, 6.45) is 0.186. The predicted molar refractivity (Wildman–Crippen MR) is 76.8 cm³/mol. The van der Waals surface area contributed by atoms with Crippen molar-refractivity contribution in [1.82, 2.24) is 0 Å². The predicted octanol–water partition coefficient (Wildman–Crippen LogP) is 3.72. The average molecular weight is 336 g/mol. The SMILES string of the molecule is CCOP(=O)(C[C@H](N)c1cccc(Br)c1)OCC. The molecule has 6 heteroatoms. The van der Waals surface area contributed by atoms with Gasteiger partial charge >= 0.3 is 7.60 Å². The lowest BCUT2D eigenvalue weighted by Crippen LogP contribution is -2.17. The maximum absolute atomic E-state index is 12.3. The minimum absolute atomic E-state index is 0.186. The van der Waals surface area contributed by atoms with E-state index < -0.39 is 7.60 Å². The Morgan fingerprint density at radius 2 is 1.94 bits per heavy atom. The van der Waals surface area contributed by atoms with Gasteiger partial charge in [0.15, 0.2) is 0 Å². The van der Waals surface area contributed by atoms with Gasteiger partial charge in [0.2, 0.25) is 0 Å². The van der Waals surface area contributed by atoms with Crippen LogP contribution in [-0.2, 0) is 13.6 Å². The van der Waals surface area contributed by atoms with Crippen molar-refractivity contribution < 1.29 is 13.6 Å². The molecule has 0 saturated carbocycles. The van der Waals surface area contributed by atoms with Gasteiger partial charge in [0.1, 0.15) is 0 Å². The third-order valence-corrected chi connectivity index (χ3v) is 4.99. The van der Waals surface area contributed by atoms with Crippen LogP contribution in [0, 0.1) is 0 Å². The highest BCUT2D eigenvalue weighted by molar-refractivity contribution is 9.10. The second-order valence-electron chi connectivity index (χ2n) is 3.79. The van der Waals surface area contributed by atoms with Crippen LogP contribution < -0.4 is 5.73 Å². The van der Waals surface area contributed by atoms with Crippen molar-refractivity contribution in [2.75, 3.05) is 19.4 Å². The maximum atomic E-state index is 12.3. The molecule has 0 aliphatic heterocycles. The fourth-order valence-electron chi connectivity index (χ4n) is 1.62. The van der Waals surface area contributed by atoms with Crippen molar-refractivity contribution in [3.05, 3.63) is 34.3 Å². The zero-order valence-electron chi connectivity index (χ0n) is 10.6. The number of benzene rings is 1. The van der Waals surface area contributed by atoms with E-state index in [1.807, 2.05) is 24.3 Å². The first-order chi connectivity index (χ1) is 8.50. The van der Waals surface area contributed by atoms with Crippen molar-refractivity contribution in [2.45, 2.75) is 19.9 Å². The molecular formula is C12H19BrNO3P. The summed E-state index contributed by atoms with van der Waals surface area (Å²) in [5.41, 5.74) is 6.96. The van der Waals surface area contributed by atoms with Gasteiger partial charge in [0.05, 0.1) is 19.4 Å². The van der Waals surface area contributed by atoms with E-state index in [1.165, 1.54) is 0 Å². The highest BCUT2D eigenvalue weighted by Gasteiger charge is 2.27. The normalized spacial score (nSPS) is 13.6. The summed E-state index contributed by atoms with van der Waals surface area (Å²) in [5, 5.41) is 0. The fraction of sp³-hybridized carbons (Fsp3) is 0.500. The molecule has 0 unspecified atom stereocenters. The molecule has 1 atom stereocenters. The zero-order chi connectivity index (χ0) is 13.6. The Kier molecular flexibility index (Phi) is 6.53. The Hall–Kier alpha value is -0.190. The Labute approximate surface area is 117 Å². The molecular weight excluding hydrogens is 317 g/mol.